The number of aliphatic imine (C=N–C) groups is 1. The molecular weight excluding hydrogens is 245 g/mol. The van der Waals surface area contributed by atoms with E-state index in [-0.39, 0.29) is 5.82 Å². The zero-order valence-corrected chi connectivity index (χ0v) is 10.9. The fourth-order valence-corrected chi connectivity index (χ4v) is 1.74. The Balaban J connectivity index is 2.11. The number of nitrogens with one attached hydrogen (secondary N) is 2. The van der Waals surface area contributed by atoms with E-state index in [2.05, 4.69) is 20.6 Å². The van der Waals surface area contributed by atoms with Crippen molar-refractivity contribution in [3.8, 4) is 5.69 Å². The lowest BCUT2D eigenvalue weighted by molar-refractivity contribution is 0.615. The van der Waals surface area contributed by atoms with Crippen LogP contribution in [0.15, 0.2) is 41.9 Å². The molecular formula is C13H16FN5. The summed E-state index contributed by atoms with van der Waals surface area (Å²) in [5, 5.41) is 5.97. The van der Waals surface area contributed by atoms with Crippen molar-refractivity contribution in [3.63, 3.8) is 0 Å². The third-order valence-corrected chi connectivity index (χ3v) is 2.72. The van der Waals surface area contributed by atoms with Crippen LogP contribution in [0, 0.1) is 5.82 Å². The second-order valence-corrected chi connectivity index (χ2v) is 3.93. The molecule has 0 bridgehead atoms. The van der Waals surface area contributed by atoms with Crippen molar-refractivity contribution in [2.24, 2.45) is 4.99 Å². The zero-order valence-electron chi connectivity index (χ0n) is 10.9. The summed E-state index contributed by atoms with van der Waals surface area (Å²) in [6.45, 7) is 0.509. The number of aromatic nitrogens is 2. The van der Waals surface area contributed by atoms with Crippen molar-refractivity contribution < 1.29 is 4.39 Å². The predicted octanol–water partition coefficient (Wildman–Crippen LogP) is 1.31. The van der Waals surface area contributed by atoms with E-state index in [1.165, 1.54) is 6.07 Å². The Morgan fingerprint density at radius 2 is 2.32 bits per heavy atom. The molecule has 0 saturated heterocycles. The largest absolute Gasteiger partial charge is 0.359 e. The van der Waals surface area contributed by atoms with Gasteiger partial charge in [0, 0.05) is 33.0 Å². The molecule has 2 N–H and O–H groups in total. The molecule has 0 aliphatic rings. The number of rotatable bonds is 3. The highest BCUT2D eigenvalue weighted by Crippen LogP contribution is 2.14. The highest BCUT2D eigenvalue weighted by atomic mass is 19.1. The Kier molecular flexibility index (Phi) is 4.12. The van der Waals surface area contributed by atoms with Crippen LogP contribution >= 0.6 is 0 Å². The van der Waals surface area contributed by atoms with E-state index >= 15 is 0 Å². The Bertz CT molecular complexity index is 562. The summed E-state index contributed by atoms with van der Waals surface area (Å²) in [6.07, 6.45) is 4.89. The molecule has 1 heterocycles. The number of guanidine groups is 1. The minimum atomic E-state index is -0.281. The van der Waals surface area contributed by atoms with E-state index in [9.17, 15) is 4.39 Å². The standard InChI is InChI=1S/C13H16FN5/c1-15-13(16-2)18-8-10-3-4-12(11(14)7-10)19-6-5-17-9-19/h3-7,9H,8H2,1-2H3,(H2,15,16,18). The SMILES string of the molecule is CN=C(NC)NCc1ccc(-n2ccnc2)c(F)c1. The average molecular weight is 261 g/mol. The van der Waals surface area contributed by atoms with Crippen molar-refractivity contribution in [2.75, 3.05) is 14.1 Å². The number of imidazole rings is 1. The number of hydrogen-bond donors (Lipinski definition) is 2. The highest BCUT2D eigenvalue weighted by molar-refractivity contribution is 5.79. The van der Waals surface area contributed by atoms with Gasteiger partial charge in [-0.1, -0.05) is 6.07 Å². The van der Waals surface area contributed by atoms with Crippen LogP contribution in [-0.2, 0) is 6.54 Å². The van der Waals surface area contributed by atoms with Crippen molar-refractivity contribution in [3.05, 3.63) is 48.3 Å². The van der Waals surface area contributed by atoms with E-state index in [0.717, 1.165) is 5.56 Å². The summed E-state index contributed by atoms with van der Waals surface area (Å²) in [5.41, 5.74) is 1.33. The van der Waals surface area contributed by atoms with Gasteiger partial charge in [-0.05, 0) is 17.7 Å². The average Bonchev–Trinajstić information content (AvgIpc) is 2.94. The molecule has 1 aromatic heterocycles. The molecule has 0 atom stereocenters. The summed E-state index contributed by atoms with van der Waals surface area (Å²) in [7, 11) is 3.46. The third kappa shape index (κ3) is 3.09. The molecule has 5 nitrogen and oxygen atoms in total. The number of benzene rings is 1. The first-order valence-corrected chi connectivity index (χ1v) is 5.89. The number of nitrogens with zero attached hydrogens (tertiary/aromatic N) is 3. The predicted molar refractivity (Wildman–Crippen MR) is 72.8 cm³/mol. The van der Waals surface area contributed by atoms with Crippen LogP contribution in [0.2, 0.25) is 0 Å². The van der Waals surface area contributed by atoms with Gasteiger partial charge < -0.3 is 15.2 Å². The molecule has 2 rings (SSSR count). The summed E-state index contributed by atoms with van der Waals surface area (Å²) in [6, 6.07) is 5.11. The Hall–Kier alpha value is -2.37. The van der Waals surface area contributed by atoms with Gasteiger partial charge in [-0.3, -0.25) is 4.99 Å². The molecule has 0 spiro atoms. The first-order chi connectivity index (χ1) is 9.24. The molecule has 0 amide bonds. The van der Waals surface area contributed by atoms with Crippen molar-refractivity contribution >= 4 is 5.96 Å². The molecule has 1 aromatic carbocycles. The van der Waals surface area contributed by atoms with Crippen LogP contribution in [0.4, 0.5) is 4.39 Å². The van der Waals surface area contributed by atoms with Crippen molar-refractivity contribution in [1.29, 1.82) is 0 Å². The van der Waals surface area contributed by atoms with Crippen LogP contribution in [0.25, 0.3) is 5.69 Å². The first kappa shape index (κ1) is 13.1. The molecule has 0 aliphatic heterocycles. The highest BCUT2D eigenvalue weighted by Gasteiger charge is 2.05. The van der Waals surface area contributed by atoms with Gasteiger partial charge in [0.2, 0.25) is 0 Å². The van der Waals surface area contributed by atoms with Gasteiger partial charge >= 0.3 is 0 Å². The van der Waals surface area contributed by atoms with Gasteiger partial charge in [-0.15, -0.1) is 0 Å². The summed E-state index contributed by atoms with van der Waals surface area (Å²) in [5.74, 6) is 0.385. The van der Waals surface area contributed by atoms with E-state index in [0.29, 0.717) is 18.2 Å². The fourth-order valence-electron chi connectivity index (χ4n) is 1.74. The maximum absolute atomic E-state index is 14.0. The Morgan fingerprint density at radius 3 is 2.89 bits per heavy atom. The molecule has 0 aliphatic carbocycles. The van der Waals surface area contributed by atoms with Gasteiger partial charge in [0.1, 0.15) is 5.82 Å². The molecule has 0 fully saturated rings. The van der Waals surface area contributed by atoms with E-state index in [4.69, 9.17) is 0 Å². The van der Waals surface area contributed by atoms with Crippen LogP contribution in [-0.4, -0.2) is 29.6 Å². The molecule has 100 valence electrons. The minimum Gasteiger partial charge on any atom is -0.359 e. The third-order valence-electron chi connectivity index (χ3n) is 2.72. The van der Waals surface area contributed by atoms with Crippen molar-refractivity contribution in [1.82, 2.24) is 20.2 Å². The van der Waals surface area contributed by atoms with E-state index < -0.39 is 0 Å². The molecule has 19 heavy (non-hydrogen) atoms. The number of hydrogen-bond acceptors (Lipinski definition) is 2. The normalized spacial score (nSPS) is 11.4. The monoisotopic (exact) mass is 261 g/mol. The van der Waals surface area contributed by atoms with Gasteiger partial charge in [-0.25, -0.2) is 9.37 Å². The van der Waals surface area contributed by atoms with E-state index in [1.54, 1.807) is 43.4 Å². The fraction of sp³-hybridized carbons (Fsp3) is 0.231. The topological polar surface area (TPSA) is 54.2 Å². The molecule has 2 aromatic rings. The van der Waals surface area contributed by atoms with Crippen LogP contribution in [0.1, 0.15) is 5.56 Å². The minimum absolute atomic E-state index is 0.281. The van der Waals surface area contributed by atoms with Gasteiger partial charge in [0.05, 0.1) is 12.0 Å². The lowest BCUT2D eigenvalue weighted by atomic mass is 10.2. The lowest BCUT2D eigenvalue weighted by Crippen LogP contribution is -2.34. The van der Waals surface area contributed by atoms with Crippen LogP contribution in [0.5, 0.6) is 0 Å². The Morgan fingerprint density at radius 1 is 1.47 bits per heavy atom. The van der Waals surface area contributed by atoms with E-state index in [1.807, 2.05) is 6.07 Å². The van der Waals surface area contributed by atoms with Gasteiger partial charge in [0.15, 0.2) is 5.96 Å². The summed E-state index contributed by atoms with van der Waals surface area (Å²) >= 11 is 0. The van der Waals surface area contributed by atoms with Gasteiger partial charge in [-0.2, -0.15) is 0 Å². The smallest absolute Gasteiger partial charge is 0.190 e. The first-order valence-electron chi connectivity index (χ1n) is 5.89. The molecule has 0 radical (unpaired) electrons. The zero-order chi connectivity index (χ0) is 13.7. The van der Waals surface area contributed by atoms with Crippen LogP contribution in [0.3, 0.4) is 0 Å². The van der Waals surface area contributed by atoms with Gasteiger partial charge in [0.25, 0.3) is 0 Å². The summed E-state index contributed by atoms with van der Waals surface area (Å²) < 4.78 is 15.6. The Labute approximate surface area is 111 Å². The second kappa shape index (κ2) is 5.99. The van der Waals surface area contributed by atoms with Crippen molar-refractivity contribution in [2.45, 2.75) is 6.54 Å². The number of halogens is 1. The quantitative estimate of drug-likeness (QED) is 0.647. The maximum atomic E-state index is 14.0. The molecule has 6 heteroatoms. The second-order valence-electron chi connectivity index (χ2n) is 3.93. The van der Waals surface area contributed by atoms with Crippen LogP contribution < -0.4 is 10.6 Å². The maximum Gasteiger partial charge on any atom is 0.190 e. The molecule has 0 unspecified atom stereocenters. The summed E-state index contributed by atoms with van der Waals surface area (Å²) in [4.78, 5) is 7.89. The molecule has 0 saturated carbocycles. The lowest BCUT2D eigenvalue weighted by Gasteiger charge is -2.10.